The number of nitrogens with one attached hydrogen (secondary N) is 1. The average molecular weight is 359 g/mol. The molecule has 1 saturated heterocycles. The summed E-state index contributed by atoms with van der Waals surface area (Å²) in [6.45, 7) is 2.41. The summed E-state index contributed by atoms with van der Waals surface area (Å²) < 4.78 is 5.54. The van der Waals surface area contributed by atoms with E-state index in [0.717, 1.165) is 24.0 Å². The van der Waals surface area contributed by atoms with Crippen LogP contribution >= 0.6 is 11.6 Å². The van der Waals surface area contributed by atoms with E-state index in [4.69, 9.17) is 22.1 Å². The molecule has 0 radical (unpaired) electrons. The molecule has 0 atom stereocenters. The highest BCUT2D eigenvalue weighted by molar-refractivity contribution is 6.30. The average Bonchev–Trinajstić information content (AvgIpc) is 2.67. The van der Waals surface area contributed by atoms with E-state index in [1.807, 2.05) is 42.5 Å². The number of carbonyl (C=O) groups is 1. The summed E-state index contributed by atoms with van der Waals surface area (Å²) in [6, 6.07) is 15.3. The van der Waals surface area contributed by atoms with Crippen LogP contribution in [-0.4, -0.2) is 25.7 Å². The van der Waals surface area contributed by atoms with Gasteiger partial charge in [0, 0.05) is 42.3 Å². The number of ether oxygens (including phenoxy) is 1. The summed E-state index contributed by atoms with van der Waals surface area (Å²) in [7, 11) is 0. The molecular formula is C20H23ClN2O2. The molecule has 0 spiro atoms. The fourth-order valence-corrected chi connectivity index (χ4v) is 3.48. The Balaban J connectivity index is 1.75. The van der Waals surface area contributed by atoms with Crippen molar-refractivity contribution in [3.05, 3.63) is 70.2 Å². The van der Waals surface area contributed by atoms with Gasteiger partial charge in [-0.15, -0.1) is 0 Å². The minimum atomic E-state index is -0.143. The summed E-state index contributed by atoms with van der Waals surface area (Å²) in [5.41, 5.74) is 8.27. The first kappa shape index (κ1) is 17.9. The molecule has 1 amide bonds. The second-order valence-electron chi connectivity index (χ2n) is 6.49. The lowest BCUT2D eigenvalue weighted by Gasteiger charge is -2.38. The van der Waals surface area contributed by atoms with Gasteiger partial charge in [0.05, 0.1) is 0 Å². The van der Waals surface area contributed by atoms with Crippen molar-refractivity contribution in [2.75, 3.05) is 19.8 Å². The van der Waals surface area contributed by atoms with Gasteiger partial charge < -0.3 is 15.8 Å². The molecule has 3 N–H and O–H groups in total. The van der Waals surface area contributed by atoms with Crippen molar-refractivity contribution in [3.63, 3.8) is 0 Å². The molecule has 1 heterocycles. The van der Waals surface area contributed by atoms with E-state index in [1.54, 1.807) is 0 Å². The Labute approximate surface area is 153 Å². The maximum Gasteiger partial charge on any atom is 0.251 e. The standard InChI is InChI=1S/C20H23ClN2O2/c21-18-3-1-2-17(12-18)20(8-10-25-11-9-20)14-23-19(24)16-6-4-15(13-22)5-7-16/h1-7,12H,8-11,13-14,22H2,(H,23,24). The molecule has 1 aliphatic rings. The predicted molar refractivity (Wildman–Crippen MR) is 99.8 cm³/mol. The highest BCUT2D eigenvalue weighted by atomic mass is 35.5. The number of nitrogens with two attached hydrogens (primary N) is 1. The van der Waals surface area contributed by atoms with Gasteiger partial charge in [-0.05, 0) is 48.2 Å². The van der Waals surface area contributed by atoms with Crippen molar-refractivity contribution < 1.29 is 9.53 Å². The Bertz CT molecular complexity index is 725. The Morgan fingerprint density at radius 1 is 1.16 bits per heavy atom. The fourth-order valence-electron chi connectivity index (χ4n) is 3.29. The van der Waals surface area contributed by atoms with Gasteiger partial charge in [-0.3, -0.25) is 4.79 Å². The summed E-state index contributed by atoms with van der Waals surface area (Å²) in [5.74, 6) is -0.0727. The molecule has 3 rings (SSSR count). The Morgan fingerprint density at radius 2 is 1.88 bits per heavy atom. The molecule has 0 saturated carbocycles. The van der Waals surface area contributed by atoms with E-state index < -0.39 is 0 Å². The molecule has 1 fully saturated rings. The number of amides is 1. The van der Waals surface area contributed by atoms with Crippen molar-refractivity contribution in [3.8, 4) is 0 Å². The van der Waals surface area contributed by atoms with Crippen LogP contribution in [-0.2, 0) is 16.7 Å². The van der Waals surface area contributed by atoms with Crippen LogP contribution in [0.4, 0.5) is 0 Å². The third kappa shape index (κ3) is 4.21. The lowest BCUT2D eigenvalue weighted by molar-refractivity contribution is 0.0487. The predicted octanol–water partition coefficient (Wildman–Crippen LogP) is 3.28. The van der Waals surface area contributed by atoms with Crippen molar-refractivity contribution in [1.29, 1.82) is 0 Å². The molecule has 5 heteroatoms. The Hall–Kier alpha value is -1.88. The lowest BCUT2D eigenvalue weighted by atomic mass is 9.74. The first-order chi connectivity index (χ1) is 12.1. The van der Waals surface area contributed by atoms with Gasteiger partial charge in [-0.1, -0.05) is 35.9 Å². The number of hydrogen-bond acceptors (Lipinski definition) is 3. The van der Waals surface area contributed by atoms with Gasteiger partial charge in [0.1, 0.15) is 0 Å². The summed E-state index contributed by atoms with van der Waals surface area (Å²) in [6.07, 6.45) is 1.72. The molecule has 2 aromatic carbocycles. The molecule has 25 heavy (non-hydrogen) atoms. The van der Waals surface area contributed by atoms with E-state index in [1.165, 1.54) is 0 Å². The maximum atomic E-state index is 12.5. The van der Waals surface area contributed by atoms with Crippen LogP contribution in [0.2, 0.25) is 5.02 Å². The van der Waals surface area contributed by atoms with E-state index in [2.05, 4.69) is 11.4 Å². The van der Waals surface area contributed by atoms with Crippen LogP contribution in [0.3, 0.4) is 0 Å². The minimum Gasteiger partial charge on any atom is -0.381 e. The number of hydrogen-bond donors (Lipinski definition) is 2. The summed E-state index contributed by atoms with van der Waals surface area (Å²) >= 11 is 6.18. The zero-order valence-corrected chi connectivity index (χ0v) is 14.9. The van der Waals surface area contributed by atoms with E-state index >= 15 is 0 Å². The molecular weight excluding hydrogens is 336 g/mol. The number of benzene rings is 2. The third-order valence-electron chi connectivity index (χ3n) is 4.93. The largest absolute Gasteiger partial charge is 0.381 e. The molecule has 0 aliphatic carbocycles. The SMILES string of the molecule is NCc1ccc(C(=O)NCC2(c3cccc(Cl)c3)CCOCC2)cc1. The first-order valence-electron chi connectivity index (χ1n) is 8.54. The van der Waals surface area contributed by atoms with Gasteiger partial charge in [0.2, 0.25) is 0 Å². The zero-order chi connectivity index (χ0) is 17.7. The fraction of sp³-hybridized carbons (Fsp3) is 0.350. The second-order valence-corrected chi connectivity index (χ2v) is 6.92. The van der Waals surface area contributed by atoms with Crippen molar-refractivity contribution >= 4 is 17.5 Å². The van der Waals surface area contributed by atoms with Gasteiger partial charge in [0.15, 0.2) is 0 Å². The van der Waals surface area contributed by atoms with Crippen LogP contribution in [0.25, 0.3) is 0 Å². The number of rotatable bonds is 5. The highest BCUT2D eigenvalue weighted by Crippen LogP contribution is 2.35. The summed E-state index contributed by atoms with van der Waals surface area (Å²) in [4.78, 5) is 12.5. The zero-order valence-electron chi connectivity index (χ0n) is 14.1. The van der Waals surface area contributed by atoms with E-state index in [0.29, 0.717) is 36.9 Å². The Morgan fingerprint density at radius 3 is 2.52 bits per heavy atom. The van der Waals surface area contributed by atoms with Gasteiger partial charge in [0.25, 0.3) is 5.91 Å². The molecule has 0 unspecified atom stereocenters. The van der Waals surface area contributed by atoms with Crippen molar-refractivity contribution in [1.82, 2.24) is 5.32 Å². The van der Waals surface area contributed by atoms with Crippen LogP contribution in [0.5, 0.6) is 0 Å². The molecule has 0 aromatic heterocycles. The second kappa shape index (κ2) is 8.00. The van der Waals surface area contributed by atoms with Crippen LogP contribution in [0, 0.1) is 0 Å². The van der Waals surface area contributed by atoms with Gasteiger partial charge in [-0.2, -0.15) is 0 Å². The minimum absolute atomic E-state index is 0.0727. The number of halogens is 1. The highest BCUT2D eigenvalue weighted by Gasteiger charge is 2.35. The number of carbonyl (C=O) groups excluding carboxylic acids is 1. The monoisotopic (exact) mass is 358 g/mol. The normalized spacial score (nSPS) is 16.4. The molecule has 132 valence electrons. The molecule has 4 nitrogen and oxygen atoms in total. The van der Waals surface area contributed by atoms with E-state index in [-0.39, 0.29) is 11.3 Å². The van der Waals surface area contributed by atoms with Crippen LogP contribution in [0.1, 0.15) is 34.3 Å². The maximum absolute atomic E-state index is 12.5. The van der Waals surface area contributed by atoms with Crippen LogP contribution in [0.15, 0.2) is 48.5 Å². The van der Waals surface area contributed by atoms with Crippen molar-refractivity contribution in [2.45, 2.75) is 24.8 Å². The topological polar surface area (TPSA) is 64.4 Å². The summed E-state index contributed by atoms with van der Waals surface area (Å²) in [5, 5.41) is 3.81. The van der Waals surface area contributed by atoms with E-state index in [9.17, 15) is 4.79 Å². The van der Waals surface area contributed by atoms with Crippen LogP contribution < -0.4 is 11.1 Å². The molecule has 2 aromatic rings. The van der Waals surface area contributed by atoms with Crippen molar-refractivity contribution in [2.24, 2.45) is 5.73 Å². The van der Waals surface area contributed by atoms with Gasteiger partial charge >= 0.3 is 0 Å². The molecule has 1 aliphatic heterocycles. The quantitative estimate of drug-likeness (QED) is 0.862. The lowest BCUT2D eigenvalue weighted by Crippen LogP contribution is -2.44. The molecule has 0 bridgehead atoms. The first-order valence-corrected chi connectivity index (χ1v) is 8.92. The smallest absolute Gasteiger partial charge is 0.251 e. The Kier molecular flexibility index (Phi) is 5.74. The third-order valence-corrected chi connectivity index (χ3v) is 5.16. The van der Waals surface area contributed by atoms with Gasteiger partial charge in [-0.25, -0.2) is 0 Å².